The summed E-state index contributed by atoms with van der Waals surface area (Å²) in [5.41, 5.74) is 0.294. The van der Waals surface area contributed by atoms with Crippen LogP contribution in [0, 0.1) is 11.8 Å². The first-order valence-corrected chi connectivity index (χ1v) is 21.6. The number of unbranched alkanes of at least 4 members (excludes halogenated alkanes) is 22. The second-order valence-corrected chi connectivity index (χ2v) is 15.3. The molecule has 0 aromatic heterocycles. The number of carboxylic acids is 2. The molecule has 0 aliphatic carbocycles. The Morgan fingerprint density at radius 2 is 0.583 bits per heavy atom. The highest BCUT2D eigenvalue weighted by molar-refractivity contribution is 5.98. The molecule has 48 heavy (non-hydrogen) atoms. The van der Waals surface area contributed by atoms with Crippen molar-refractivity contribution >= 4 is 11.9 Å². The Kier molecular flexibility index (Phi) is 34.5. The van der Waals surface area contributed by atoms with Crippen molar-refractivity contribution in [3.8, 4) is 0 Å². The van der Waals surface area contributed by atoms with Crippen LogP contribution in [-0.4, -0.2) is 22.2 Å². The van der Waals surface area contributed by atoms with Gasteiger partial charge in [-0.15, -0.1) is 0 Å². The highest BCUT2D eigenvalue weighted by Gasteiger charge is 2.20. The average molecular weight is 677 g/mol. The van der Waals surface area contributed by atoms with Crippen LogP contribution < -0.4 is 0 Å². The van der Waals surface area contributed by atoms with Crippen LogP contribution in [0.15, 0.2) is 11.1 Å². The second kappa shape index (κ2) is 35.5. The summed E-state index contributed by atoms with van der Waals surface area (Å²) in [5.74, 6) is -0.667. The third-order valence-corrected chi connectivity index (χ3v) is 11.0. The number of carboxylic acid groups (broad SMARTS) is 2. The Morgan fingerprint density at radius 3 is 0.812 bits per heavy atom. The van der Waals surface area contributed by atoms with Crippen molar-refractivity contribution in [2.45, 2.75) is 246 Å². The van der Waals surface area contributed by atoms with Crippen LogP contribution in [0.4, 0.5) is 0 Å². The normalized spacial score (nSPS) is 13.4. The van der Waals surface area contributed by atoms with Crippen LogP contribution in [-0.2, 0) is 9.59 Å². The number of rotatable bonds is 38. The lowest BCUT2D eigenvalue weighted by atomic mass is 9.90. The summed E-state index contributed by atoms with van der Waals surface area (Å²) in [5, 5.41) is 19.8. The summed E-state index contributed by atoms with van der Waals surface area (Å²) in [6.07, 6.45) is 41.6. The Labute approximate surface area is 300 Å². The van der Waals surface area contributed by atoms with Gasteiger partial charge in [0.2, 0.25) is 0 Å². The van der Waals surface area contributed by atoms with Gasteiger partial charge in [0.15, 0.2) is 0 Å². The first-order chi connectivity index (χ1) is 23.4. The van der Waals surface area contributed by atoms with Gasteiger partial charge < -0.3 is 10.2 Å². The molecule has 0 bridgehead atoms. The van der Waals surface area contributed by atoms with E-state index in [1.807, 2.05) is 0 Å². The Bertz CT molecular complexity index is 695. The van der Waals surface area contributed by atoms with E-state index in [-0.39, 0.29) is 11.1 Å². The third kappa shape index (κ3) is 28.5. The van der Waals surface area contributed by atoms with Crippen molar-refractivity contribution in [3.05, 3.63) is 11.1 Å². The van der Waals surface area contributed by atoms with Gasteiger partial charge >= 0.3 is 11.9 Å². The van der Waals surface area contributed by atoms with Gasteiger partial charge in [-0.2, -0.15) is 0 Å². The van der Waals surface area contributed by atoms with Crippen LogP contribution in [0.3, 0.4) is 0 Å². The summed E-state index contributed by atoms with van der Waals surface area (Å²) in [7, 11) is 0. The lowest BCUT2D eigenvalue weighted by Crippen LogP contribution is -2.12. The molecule has 0 saturated heterocycles. The van der Waals surface area contributed by atoms with E-state index in [1.54, 1.807) is 0 Å². The second-order valence-electron chi connectivity index (χ2n) is 15.3. The highest BCUT2D eigenvalue weighted by Crippen LogP contribution is 2.26. The molecule has 0 heterocycles. The summed E-state index contributed by atoms with van der Waals surface area (Å²) in [4.78, 5) is 24.2. The van der Waals surface area contributed by atoms with E-state index in [1.165, 1.54) is 167 Å². The number of hydrogen-bond acceptors (Lipinski definition) is 2. The summed E-state index contributed by atoms with van der Waals surface area (Å²) in [6.45, 7) is 9.10. The predicted molar refractivity (Wildman–Crippen MR) is 209 cm³/mol. The molecule has 2 N–H and O–H groups in total. The third-order valence-electron chi connectivity index (χ3n) is 11.0. The van der Waals surface area contributed by atoms with Gasteiger partial charge in [0.25, 0.3) is 0 Å². The predicted octanol–water partition coefficient (Wildman–Crippen LogP) is 15.0. The van der Waals surface area contributed by atoms with E-state index in [9.17, 15) is 19.8 Å². The molecule has 0 saturated carbocycles. The van der Waals surface area contributed by atoms with Gasteiger partial charge in [-0.1, -0.05) is 220 Å². The molecule has 0 radical (unpaired) electrons. The van der Waals surface area contributed by atoms with Crippen LogP contribution >= 0.6 is 0 Å². The molecule has 2 unspecified atom stereocenters. The van der Waals surface area contributed by atoms with Gasteiger partial charge in [0.05, 0.1) is 0 Å². The molecule has 0 amide bonds. The topological polar surface area (TPSA) is 74.6 Å². The molecule has 0 aliphatic heterocycles. The minimum atomic E-state index is -1.04. The average Bonchev–Trinajstić information content (AvgIpc) is 3.07. The standard InChI is InChI=1S/C44H84O4/c1-5-9-11-13-15-17-19-21-23-25-27-33-39(7-3)35-29-31-37-41(43(45)46)42(44(47)48)38-32-30-36-40(8-4)34-28-26-24-22-20-18-16-14-12-10-6-2/h39-40H,5-38H2,1-4H3,(H,45,46)(H,47,48)/b42-41-. The van der Waals surface area contributed by atoms with E-state index in [2.05, 4.69) is 27.7 Å². The Balaban J connectivity index is 4.27. The van der Waals surface area contributed by atoms with Gasteiger partial charge in [-0.25, -0.2) is 9.59 Å². The number of aliphatic carboxylic acids is 2. The van der Waals surface area contributed by atoms with E-state index in [0.717, 1.165) is 38.5 Å². The van der Waals surface area contributed by atoms with Crippen molar-refractivity contribution in [1.29, 1.82) is 0 Å². The van der Waals surface area contributed by atoms with Gasteiger partial charge in [0.1, 0.15) is 0 Å². The van der Waals surface area contributed by atoms with Crippen molar-refractivity contribution in [1.82, 2.24) is 0 Å². The molecule has 0 aliphatic rings. The molecule has 4 nitrogen and oxygen atoms in total. The first kappa shape index (κ1) is 46.7. The lowest BCUT2D eigenvalue weighted by Gasteiger charge is -2.16. The molecule has 284 valence electrons. The molecule has 0 rings (SSSR count). The van der Waals surface area contributed by atoms with Crippen LogP contribution in [0.25, 0.3) is 0 Å². The van der Waals surface area contributed by atoms with Crippen LogP contribution in [0.1, 0.15) is 246 Å². The minimum absolute atomic E-state index is 0.147. The quantitative estimate of drug-likeness (QED) is 0.0504. The van der Waals surface area contributed by atoms with Gasteiger partial charge in [-0.05, 0) is 37.5 Å². The number of hydrogen-bond donors (Lipinski definition) is 2. The van der Waals surface area contributed by atoms with Gasteiger partial charge in [-0.3, -0.25) is 0 Å². The van der Waals surface area contributed by atoms with Crippen molar-refractivity contribution in [2.75, 3.05) is 0 Å². The molecule has 2 atom stereocenters. The van der Waals surface area contributed by atoms with Crippen LogP contribution in [0.2, 0.25) is 0 Å². The van der Waals surface area contributed by atoms with E-state index >= 15 is 0 Å². The fourth-order valence-corrected chi connectivity index (χ4v) is 7.54. The lowest BCUT2D eigenvalue weighted by molar-refractivity contribution is -0.136. The molecule has 0 fully saturated rings. The largest absolute Gasteiger partial charge is 0.478 e. The summed E-state index contributed by atoms with van der Waals surface area (Å²) >= 11 is 0. The summed E-state index contributed by atoms with van der Waals surface area (Å²) in [6, 6.07) is 0. The van der Waals surface area contributed by atoms with E-state index in [4.69, 9.17) is 0 Å². The molecule has 0 spiro atoms. The van der Waals surface area contributed by atoms with Crippen molar-refractivity contribution in [3.63, 3.8) is 0 Å². The van der Waals surface area contributed by atoms with E-state index < -0.39 is 11.9 Å². The molecule has 0 aromatic rings. The minimum Gasteiger partial charge on any atom is -0.478 e. The first-order valence-electron chi connectivity index (χ1n) is 21.6. The summed E-state index contributed by atoms with van der Waals surface area (Å²) < 4.78 is 0. The van der Waals surface area contributed by atoms with E-state index in [0.29, 0.717) is 24.7 Å². The monoisotopic (exact) mass is 677 g/mol. The molecular weight excluding hydrogens is 592 g/mol. The molecule has 4 heteroatoms. The Hall–Kier alpha value is -1.32. The fourth-order valence-electron chi connectivity index (χ4n) is 7.54. The smallest absolute Gasteiger partial charge is 0.332 e. The van der Waals surface area contributed by atoms with Gasteiger partial charge in [0, 0.05) is 11.1 Å². The van der Waals surface area contributed by atoms with Crippen LogP contribution in [0.5, 0.6) is 0 Å². The fraction of sp³-hybridized carbons (Fsp3) is 0.909. The maximum Gasteiger partial charge on any atom is 0.332 e. The molecule has 0 aromatic carbocycles. The molecular formula is C44H84O4. The highest BCUT2D eigenvalue weighted by atomic mass is 16.4. The zero-order valence-electron chi connectivity index (χ0n) is 32.9. The van der Waals surface area contributed by atoms with Crippen molar-refractivity contribution in [2.24, 2.45) is 11.8 Å². The number of carbonyl (C=O) groups is 2. The SMILES string of the molecule is CCCCCCCCCCCCCC(CC)CCCC/C(C(=O)O)=C(\CCCCC(CC)CCCCCCCCCCCCC)C(=O)O. The maximum atomic E-state index is 12.1. The zero-order chi connectivity index (χ0) is 35.5. The zero-order valence-corrected chi connectivity index (χ0v) is 32.9. The Morgan fingerprint density at radius 1 is 0.354 bits per heavy atom. The maximum absolute atomic E-state index is 12.1. The van der Waals surface area contributed by atoms with Crippen molar-refractivity contribution < 1.29 is 19.8 Å².